The SMILES string of the molecule is CCOC(=O)C(C)CNC(CCO)C(C)(C)C. The molecule has 2 N–H and O–H groups in total. The second-order valence-corrected chi connectivity index (χ2v) is 5.49. The Morgan fingerprint density at radius 2 is 2.00 bits per heavy atom. The summed E-state index contributed by atoms with van der Waals surface area (Å²) in [6.45, 7) is 11.2. The highest BCUT2D eigenvalue weighted by Crippen LogP contribution is 2.21. The van der Waals surface area contributed by atoms with E-state index in [0.29, 0.717) is 19.6 Å². The lowest BCUT2D eigenvalue weighted by Gasteiger charge is -2.32. The van der Waals surface area contributed by atoms with Gasteiger partial charge in [0.15, 0.2) is 0 Å². The number of aliphatic hydroxyl groups excluding tert-OH is 1. The van der Waals surface area contributed by atoms with Gasteiger partial charge in [-0.1, -0.05) is 27.7 Å². The van der Waals surface area contributed by atoms with E-state index in [1.807, 2.05) is 13.8 Å². The lowest BCUT2D eigenvalue weighted by atomic mass is 9.84. The molecular weight excluding hydrogens is 218 g/mol. The first kappa shape index (κ1) is 16.4. The Labute approximate surface area is 105 Å². The molecule has 0 aromatic rings. The molecule has 0 saturated carbocycles. The van der Waals surface area contributed by atoms with Gasteiger partial charge in [0, 0.05) is 19.2 Å². The van der Waals surface area contributed by atoms with Crippen LogP contribution in [0.5, 0.6) is 0 Å². The van der Waals surface area contributed by atoms with Crippen LogP contribution >= 0.6 is 0 Å². The maximum Gasteiger partial charge on any atom is 0.309 e. The lowest BCUT2D eigenvalue weighted by molar-refractivity contribution is -0.147. The molecule has 0 amide bonds. The van der Waals surface area contributed by atoms with Crippen LogP contribution < -0.4 is 5.32 Å². The third-order valence-corrected chi connectivity index (χ3v) is 2.82. The van der Waals surface area contributed by atoms with Crippen molar-refractivity contribution >= 4 is 5.97 Å². The number of esters is 1. The van der Waals surface area contributed by atoms with Gasteiger partial charge in [-0.2, -0.15) is 0 Å². The van der Waals surface area contributed by atoms with Gasteiger partial charge in [-0.25, -0.2) is 0 Å². The van der Waals surface area contributed by atoms with Crippen molar-refractivity contribution in [2.75, 3.05) is 19.8 Å². The van der Waals surface area contributed by atoms with E-state index < -0.39 is 0 Å². The Kier molecular flexibility index (Phi) is 7.39. The fourth-order valence-electron chi connectivity index (χ4n) is 1.66. The van der Waals surface area contributed by atoms with Crippen molar-refractivity contribution in [2.24, 2.45) is 11.3 Å². The molecule has 0 saturated heterocycles. The van der Waals surface area contributed by atoms with Crippen LogP contribution in [0.15, 0.2) is 0 Å². The van der Waals surface area contributed by atoms with E-state index in [1.165, 1.54) is 0 Å². The van der Waals surface area contributed by atoms with Crippen LogP contribution in [0.1, 0.15) is 41.0 Å². The zero-order valence-electron chi connectivity index (χ0n) is 11.7. The second-order valence-electron chi connectivity index (χ2n) is 5.49. The summed E-state index contributed by atoms with van der Waals surface area (Å²) in [5, 5.41) is 12.4. The molecule has 0 rings (SSSR count). The fraction of sp³-hybridized carbons (Fsp3) is 0.923. The standard InChI is InChI=1S/C13H27NO3/c1-6-17-12(16)10(2)9-14-11(7-8-15)13(3,4)5/h10-11,14-15H,6-9H2,1-5H3. The van der Waals surface area contributed by atoms with Crippen molar-refractivity contribution in [3.05, 3.63) is 0 Å². The van der Waals surface area contributed by atoms with Crippen molar-refractivity contribution < 1.29 is 14.6 Å². The van der Waals surface area contributed by atoms with E-state index in [9.17, 15) is 4.79 Å². The third kappa shape index (κ3) is 6.64. The number of rotatable bonds is 7. The minimum atomic E-state index is -0.170. The van der Waals surface area contributed by atoms with Gasteiger partial charge in [0.1, 0.15) is 0 Å². The average molecular weight is 245 g/mol. The smallest absolute Gasteiger partial charge is 0.309 e. The molecule has 4 nitrogen and oxygen atoms in total. The van der Waals surface area contributed by atoms with Crippen molar-refractivity contribution in [3.8, 4) is 0 Å². The van der Waals surface area contributed by atoms with Gasteiger partial charge in [-0.15, -0.1) is 0 Å². The third-order valence-electron chi connectivity index (χ3n) is 2.82. The molecule has 4 heteroatoms. The molecule has 0 spiro atoms. The molecule has 0 aliphatic carbocycles. The van der Waals surface area contributed by atoms with E-state index in [0.717, 1.165) is 0 Å². The first-order valence-corrected chi connectivity index (χ1v) is 6.33. The zero-order chi connectivity index (χ0) is 13.5. The highest BCUT2D eigenvalue weighted by atomic mass is 16.5. The van der Waals surface area contributed by atoms with Gasteiger partial charge >= 0.3 is 5.97 Å². The number of hydrogen-bond acceptors (Lipinski definition) is 4. The molecule has 0 aromatic carbocycles. The summed E-state index contributed by atoms with van der Waals surface area (Å²) < 4.78 is 4.95. The van der Waals surface area contributed by atoms with E-state index in [4.69, 9.17) is 9.84 Å². The molecule has 0 radical (unpaired) electrons. The molecule has 0 bridgehead atoms. The largest absolute Gasteiger partial charge is 0.466 e. The van der Waals surface area contributed by atoms with Gasteiger partial charge < -0.3 is 15.2 Å². The highest BCUT2D eigenvalue weighted by Gasteiger charge is 2.25. The van der Waals surface area contributed by atoms with Crippen LogP contribution in [0.2, 0.25) is 0 Å². The Bertz CT molecular complexity index is 223. The molecule has 102 valence electrons. The Balaban J connectivity index is 4.17. The number of nitrogens with one attached hydrogen (secondary N) is 1. The normalized spacial score (nSPS) is 15.4. The molecular formula is C13H27NO3. The number of carbonyl (C=O) groups is 1. The summed E-state index contributed by atoms with van der Waals surface area (Å²) >= 11 is 0. The monoisotopic (exact) mass is 245 g/mol. The van der Waals surface area contributed by atoms with Gasteiger partial charge in [-0.05, 0) is 18.8 Å². The van der Waals surface area contributed by atoms with Crippen molar-refractivity contribution in [1.82, 2.24) is 5.32 Å². The zero-order valence-corrected chi connectivity index (χ0v) is 11.7. The van der Waals surface area contributed by atoms with Crippen LogP contribution in [0.3, 0.4) is 0 Å². The minimum absolute atomic E-state index is 0.0666. The van der Waals surface area contributed by atoms with E-state index in [2.05, 4.69) is 26.1 Å². The summed E-state index contributed by atoms with van der Waals surface area (Å²) in [5.74, 6) is -0.324. The fourth-order valence-corrected chi connectivity index (χ4v) is 1.66. The molecule has 0 fully saturated rings. The Hall–Kier alpha value is -0.610. The van der Waals surface area contributed by atoms with E-state index >= 15 is 0 Å². The van der Waals surface area contributed by atoms with Crippen LogP contribution in [0.4, 0.5) is 0 Å². The van der Waals surface area contributed by atoms with Crippen LogP contribution in [0, 0.1) is 11.3 Å². The average Bonchev–Trinajstić information content (AvgIpc) is 2.22. The van der Waals surface area contributed by atoms with Crippen molar-refractivity contribution in [3.63, 3.8) is 0 Å². The molecule has 17 heavy (non-hydrogen) atoms. The van der Waals surface area contributed by atoms with E-state index in [-0.39, 0.29) is 30.0 Å². The van der Waals surface area contributed by atoms with Gasteiger partial charge in [0.2, 0.25) is 0 Å². The summed E-state index contributed by atoms with van der Waals surface area (Å²) in [6.07, 6.45) is 0.693. The Morgan fingerprint density at radius 1 is 1.41 bits per heavy atom. The quantitative estimate of drug-likeness (QED) is 0.669. The second kappa shape index (κ2) is 7.67. The molecule has 0 aromatic heterocycles. The number of carbonyl (C=O) groups excluding carboxylic acids is 1. The predicted octanol–water partition coefficient (Wildman–Crippen LogP) is 1.57. The highest BCUT2D eigenvalue weighted by molar-refractivity contribution is 5.72. The summed E-state index contributed by atoms with van der Waals surface area (Å²) in [7, 11) is 0. The molecule has 2 atom stereocenters. The maximum atomic E-state index is 11.5. The summed E-state index contributed by atoms with van der Waals surface area (Å²) in [4.78, 5) is 11.5. The lowest BCUT2D eigenvalue weighted by Crippen LogP contribution is -2.44. The minimum Gasteiger partial charge on any atom is -0.466 e. The first-order chi connectivity index (χ1) is 7.82. The van der Waals surface area contributed by atoms with Crippen LogP contribution in [0.25, 0.3) is 0 Å². The molecule has 2 unspecified atom stereocenters. The summed E-state index contributed by atoms with van der Waals surface area (Å²) in [6, 6.07) is 0.198. The topological polar surface area (TPSA) is 58.6 Å². The van der Waals surface area contributed by atoms with E-state index in [1.54, 1.807) is 0 Å². The van der Waals surface area contributed by atoms with Crippen molar-refractivity contribution in [1.29, 1.82) is 0 Å². The molecule has 0 aliphatic rings. The first-order valence-electron chi connectivity index (χ1n) is 6.33. The van der Waals surface area contributed by atoms with Crippen LogP contribution in [-0.4, -0.2) is 36.9 Å². The number of hydrogen-bond donors (Lipinski definition) is 2. The van der Waals surface area contributed by atoms with Crippen molar-refractivity contribution in [2.45, 2.75) is 47.1 Å². The van der Waals surface area contributed by atoms with Gasteiger partial charge in [-0.3, -0.25) is 4.79 Å². The number of ether oxygens (including phenoxy) is 1. The Morgan fingerprint density at radius 3 is 2.41 bits per heavy atom. The predicted molar refractivity (Wildman–Crippen MR) is 68.7 cm³/mol. The maximum absolute atomic E-state index is 11.5. The molecule has 0 aliphatic heterocycles. The molecule has 0 heterocycles. The van der Waals surface area contributed by atoms with Gasteiger partial charge in [0.25, 0.3) is 0 Å². The summed E-state index contributed by atoms with van der Waals surface area (Å²) in [5.41, 5.74) is 0.0666. The van der Waals surface area contributed by atoms with Gasteiger partial charge in [0.05, 0.1) is 12.5 Å². The number of aliphatic hydroxyl groups is 1. The van der Waals surface area contributed by atoms with Crippen LogP contribution in [-0.2, 0) is 9.53 Å².